The minimum absolute atomic E-state index is 0.0576. The Morgan fingerprint density at radius 2 is 1.77 bits per heavy atom. The van der Waals surface area contributed by atoms with Crippen molar-refractivity contribution in [3.05, 3.63) is 54.1 Å². The number of nitrogens with zero attached hydrogens (tertiary/aromatic N) is 2. The first-order valence-electron chi connectivity index (χ1n) is 7.12. The van der Waals surface area contributed by atoms with Gasteiger partial charge in [-0.3, -0.25) is 5.01 Å². The zero-order valence-corrected chi connectivity index (χ0v) is 12.7. The number of hydrogen-bond donors (Lipinski definition) is 1. The monoisotopic (exact) mass is 297 g/mol. The number of benzene rings is 2. The van der Waals surface area contributed by atoms with Crippen molar-refractivity contribution in [1.29, 1.82) is 0 Å². The van der Waals surface area contributed by atoms with E-state index in [2.05, 4.69) is 5.10 Å². The van der Waals surface area contributed by atoms with Crippen LogP contribution in [0.25, 0.3) is 0 Å². The molecule has 0 fully saturated rings. The summed E-state index contributed by atoms with van der Waals surface area (Å²) in [5.41, 5.74) is 8.07. The molecule has 0 saturated carbocycles. The number of hydrazone groups is 1. The summed E-state index contributed by atoms with van der Waals surface area (Å²) < 4.78 is 10.7. The Hall–Kier alpha value is -2.69. The Bertz CT molecular complexity index is 686. The van der Waals surface area contributed by atoms with Crippen LogP contribution in [0.1, 0.15) is 18.0 Å². The number of nitrogens with two attached hydrogens (primary N) is 1. The van der Waals surface area contributed by atoms with Gasteiger partial charge in [0.15, 0.2) is 11.5 Å². The van der Waals surface area contributed by atoms with E-state index in [9.17, 15) is 0 Å². The molecule has 0 radical (unpaired) electrons. The van der Waals surface area contributed by atoms with Crippen LogP contribution in [0.3, 0.4) is 0 Å². The molecular weight excluding hydrogens is 278 g/mol. The Morgan fingerprint density at radius 3 is 2.45 bits per heavy atom. The Kier molecular flexibility index (Phi) is 3.87. The van der Waals surface area contributed by atoms with E-state index in [4.69, 9.17) is 15.2 Å². The Balaban J connectivity index is 1.97. The summed E-state index contributed by atoms with van der Waals surface area (Å²) in [5.74, 6) is 2.05. The largest absolute Gasteiger partial charge is 0.493 e. The zero-order valence-electron chi connectivity index (χ0n) is 12.7. The van der Waals surface area contributed by atoms with Crippen molar-refractivity contribution in [2.75, 3.05) is 19.2 Å². The van der Waals surface area contributed by atoms with E-state index in [0.29, 0.717) is 23.8 Å². The maximum Gasteiger partial charge on any atom is 0.161 e. The molecule has 2 aromatic rings. The van der Waals surface area contributed by atoms with Gasteiger partial charge >= 0.3 is 0 Å². The van der Waals surface area contributed by atoms with Crippen LogP contribution < -0.4 is 20.2 Å². The highest BCUT2D eigenvalue weighted by atomic mass is 16.5. The van der Waals surface area contributed by atoms with Crippen LogP contribution in [-0.2, 0) is 0 Å². The van der Waals surface area contributed by atoms with Gasteiger partial charge in [0, 0.05) is 6.42 Å². The van der Waals surface area contributed by atoms with Crippen molar-refractivity contribution in [3.63, 3.8) is 0 Å². The minimum atomic E-state index is 0.0576. The lowest BCUT2D eigenvalue weighted by Crippen LogP contribution is -2.18. The van der Waals surface area contributed by atoms with Crippen molar-refractivity contribution >= 4 is 11.5 Å². The number of rotatable bonds is 4. The van der Waals surface area contributed by atoms with Gasteiger partial charge in [-0.05, 0) is 29.8 Å². The highest BCUT2D eigenvalue weighted by molar-refractivity contribution is 5.85. The van der Waals surface area contributed by atoms with Crippen LogP contribution in [0, 0.1) is 0 Å². The Morgan fingerprint density at radius 1 is 1.05 bits per heavy atom. The fourth-order valence-corrected chi connectivity index (χ4v) is 2.67. The van der Waals surface area contributed by atoms with Crippen LogP contribution in [0.15, 0.2) is 53.6 Å². The third kappa shape index (κ3) is 2.57. The van der Waals surface area contributed by atoms with E-state index < -0.39 is 0 Å². The highest BCUT2D eigenvalue weighted by Crippen LogP contribution is 2.37. The summed E-state index contributed by atoms with van der Waals surface area (Å²) in [5, 5.41) is 6.43. The Labute approximate surface area is 129 Å². The van der Waals surface area contributed by atoms with Crippen molar-refractivity contribution in [2.45, 2.75) is 12.5 Å². The summed E-state index contributed by atoms with van der Waals surface area (Å²) in [6.45, 7) is 0. The third-order valence-electron chi connectivity index (χ3n) is 3.75. The molecule has 0 unspecified atom stereocenters. The molecule has 0 amide bonds. The molecule has 114 valence electrons. The maximum atomic E-state index is 5.97. The first-order valence-corrected chi connectivity index (χ1v) is 7.12. The predicted octanol–water partition coefficient (Wildman–Crippen LogP) is 2.93. The topological polar surface area (TPSA) is 60.1 Å². The van der Waals surface area contributed by atoms with E-state index in [1.54, 1.807) is 14.2 Å². The molecule has 1 aliphatic heterocycles. The predicted molar refractivity (Wildman–Crippen MR) is 87.4 cm³/mol. The van der Waals surface area contributed by atoms with Gasteiger partial charge in [0.1, 0.15) is 5.84 Å². The fourth-order valence-electron chi connectivity index (χ4n) is 2.67. The summed E-state index contributed by atoms with van der Waals surface area (Å²) in [7, 11) is 3.26. The number of ether oxygens (including phenoxy) is 2. The maximum absolute atomic E-state index is 5.97. The van der Waals surface area contributed by atoms with Gasteiger partial charge in [-0.15, -0.1) is 0 Å². The molecule has 1 atom stereocenters. The van der Waals surface area contributed by atoms with Crippen LogP contribution in [0.5, 0.6) is 11.5 Å². The second-order valence-corrected chi connectivity index (χ2v) is 5.11. The van der Waals surface area contributed by atoms with E-state index in [0.717, 1.165) is 11.3 Å². The smallest absolute Gasteiger partial charge is 0.161 e. The molecule has 3 rings (SSSR count). The van der Waals surface area contributed by atoms with Crippen LogP contribution in [-0.4, -0.2) is 20.1 Å². The summed E-state index contributed by atoms with van der Waals surface area (Å²) in [4.78, 5) is 0. The first kappa shape index (κ1) is 14.3. The second-order valence-electron chi connectivity index (χ2n) is 5.11. The number of hydrogen-bond acceptors (Lipinski definition) is 5. The van der Waals surface area contributed by atoms with Gasteiger partial charge in [-0.2, -0.15) is 5.10 Å². The number of methoxy groups -OCH3 is 2. The second kappa shape index (κ2) is 5.97. The molecule has 0 spiro atoms. The van der Waals surface area contributed by atoms with Gasteiger partial charge in [0.05, 0.1) is 25.9 Å². The van der Waals surface area contributed by atoms with E-state index in [1.165, 1.54) is 0 Å². The number of amidine groups is 1. The molecule has 0 bridgehead atoms. The minimum Gasteiger partial charge on any atom is -0.493 e. The fraction of sp³-hybridized carbons (Fsp3) is 0.235. The van der Waals surface area contributed by atoms with Gasteiger partial charge in [-0.25, -0.2) is 0 Å². The molecule has 0 aliphatic carbocycles. The molecule has 2 N–H and O–H groups in total. The molecule has 1 aliphatic rings. The van der Waals surface area contributed by atoms with Crippen molar-refractivity contribution < 1.29 is 9.47 Å². The molecule has 0 aromatic heterocycles. The molecule has 2 aromatic carbocycles. The number of para-hydroxylation sites is 1. The molecule has 1 heterocycles. The van der Waals surface area contributed by atoms with Crippen molar-refractivity contribution in [1.82, 2.24) is 0 Å². The number of anilines is 1. The molecular formula is C17H19N3O2. The van der Waals surface area contributed by atoms with Gasteiger partial charge < -0.3 is 15.2 Å². The van der Waals surface area contributed by atoms with Gasteiger partial charge in [-0.1, -0.05) is 24.3 Å². The molecule has 5 nitrogen and oxygen atoms in total. The standard InChI is InChI=1S/C17H19N3O2/c1-21-15-9-8-12(10-16(15)22-2)14-11-17(18)19-20(14)13-6-4-3-5-7-13/h3-10,14H,11H2,1-2H3,(H2,18,19)/t14-/m0/s1. The normalized spacial score (nSPS) is 17.3. The van der Waals surface area contributed by atoms with Crippen molar-refractivity contribution in [2.24, 2.45) is 10.8 Å². The summed E-state index contributed by atoms with van der Waals surface area (Å²) >= 11 is 0. The lowest BCUT2D eigenvalue weighted by Gasteiger charge is -2.24. The lowest BCUT2D eigenvalue weighted by molar-refractivity contribution is 0.354. The van der Waals surface area contributed by atoms with E-state index in [-0.39, 0.29) is 6.04 Å². The molecule has 0 saturated heterocycles. The van der Waals surface area contributed by atoms with Crippen LogP contribution in [0.4, 0.5) is 5.69 Å². The highest BCUT2D eigenvalue weighted by Gasteiger charge is 2.28. The SMILES string of the molecule is COc1ccc([C@@H]2CC(N)=NN2c2ccccc2)cc1OC. The molecule has 5 heteroatoms. The average Bonchev–Trinajstić information content (AvgIpc) is 2.97. The van der Waals surface area contributed by atoms with Crippen LogP contribution in [0.2, 0.25) is 0 Å². The quantitative estimate of drug-likeness (QED) is 0.942. The lowest BCUT2D eigenvalue weighted by atomic mass is 10.0. The van der Waals surface area contributed by atoms with E-state index in [1.807, 2.05) is 53.5 Å². The van der Waals surface area contributed by atoms with E-state index >= 15 is 0 Å². The summed E-state index contributed by atoms with van der Waals surface area (Å²) in [6.07, 6.45) is 0.685. The van der Waals surface area contributed by atoms with Gasteiger partial charge in [0.2, 0.25) is 0 Å². The van der Waals surface area contributed by atoms with Gasteiger partial charge in [0.25, 0.3) is 0 Å². The third-order valence-corrected chi connectivity index (χ3v) is 3.75. The molecule has 22 heavy (non-hydrogen) atoms. The van der Waals surface area contributed by atoms with Crippen molar-refractivity contribution in [3.8, 4) is 11.5 Å². The van der Waals surface area contributed by atoms with Crippen LogP contribution >= 0.6 is 0 Å². The summed E-state index contributed by atoms with van der Waals surface area (Å²) in [6, 6.07) is 16.0. The zero-order chi connectivity index (χ0) is 15.5. The first-order chi connectivity index (χ1) is 10.7. The average molecular weight is 297 g/mol.